The maximum Gasteiger partial charge on any atom is 0.432 e. The van der Waals surface area contributed by atoms with Gasteiger partial charge >= 0.3 is 6.11 Å². The van der Waals surface area contributed by atoms with Crippen molar-refractivity contribution >= 4 is 0 Å². The molecule has 0 bridgehead atoms. The van der Waals surface area contributed by atoms with Crippen molar-refractivity contribution in [3.05, 3.63) is 89.0 Å². The van der Waals surface area contributed by atoms with Crippen molar-refractivity contribution in [3.63, 3.8) is 0 Å². The SMILES string of the molecule is CCCCCCCCc1ccc(Oc2ccc(F)c(C(F)(F)Oc3ccc(CCCCCCCC)cc3)c2F)cc1. The maximum atomic E-state index is 15.2. The number of hydrogen-bond donors (Lipinski definition) is 0. The minimum Gasteiger partial charge on any atom is -0.454 e. The van der Waals surface area contributed by atoms with Gasteiger partial charge in [-0.1, -0.05) is 102 Å². The van der Waals surface area contributed by atoms with E-state index in [1.54, 1.807) is 24.3 Å². The van der Waals surface area contributed by atoms with Gasteiger partial charge in [-0.2, -0.15) is 8.78 Å². The normalized spacial score (nSPS) is 11.6. The molecule has 0 radical (unpaired) electrons. The zero-order valence-electron chi connectivity index (χ0n) is 24.5. The van der Waals surface area contributed by atoms with E-state index in [2.05, 4.69) is 13.8 Å². The van der Waals surface area contributed by atoms with Gasteiger partial charge in [0, 0.05) is 0 Å². The summed E-state index contributed by atoms with van der Waals surface area (Å²) < 4.78 is 70.1. The van der Waals surface area contributed by atoms with Crippen LogP contribution < -0.4 is 9.47 Å². The third-order valence-corrected chi connectivity index (χ3v) is 7.31. The molecule has 0 unspecified atom stereocenters. The first-order valence-corrected chi connectivity index (χ1v) is 15.2. The Morgan fingerprint density at radius 3 is 1.54 bits per heavy atom. The van der Waals surface area contributed by atoms with Gasteiger partial charge < -0.3 is 9.47 Å². The molecule has 0 amide bonds. The average molecular weight is 573 g/mol. The van der Waals surface area contributed by atoms with Crippen LogP contribution >= 0.6 is 0 Å². The van der Waals surface area contributed by atoms with E-state index in [0.29, 0.717) is 0 Å². The van der Waals surface area contributed by atoms with Crippen LogP contribution in [0.25, 0.3) is 0 Å². The predicted octanol–water partition coefficient (Wildman–Crippen LogP) is 11.7. The molecule has 41 heavy (non-hydrogen) atoms. The summed E-state index contributed by atoms with van der Waals surface area (Å²) in [7, 11) is 0. The minimum atomic E-state index is -4.24. The van der Waals surface area contributed by atoms with E-state index < -0.39 is 29.1 Å². The second kappa shape index (κ2) is 17.1. The van der Waals surface area contributed by atoms with E-state index >= 15 is 13.2 Å². The highest BCUT2D eigenvalue weighted by molar-refractivity contribution is 5.39. The molecule has 3 aromatic carbocycles. The van der Waals surface area contributed by atoms with E-state index in [4.69, 9.17) is 9.47 Å². The number of halogens is 4. The fourth-order valence-electron chi connectivity index (χ4n) is 4.87. The molecule has 0 N–H and O–H groups in total. The molecule has 0 heterocycles. The van der Waals surface area contributed by atoms with E-state index in [1.165, 1.54) is 69.9 Å². The summed E-state index contributed by atoms with van der Waals surface area (Å²) >= 11 is 0. The number of unbranched alkanes of at least 4 members (excludes halogenated alkanes) is 10. The summed E-state index contributed by atoms with van der Waals surface area (Å²) in [6.07, 6.45) is 11.7. The van der Waals surface area contributed by atoms with Crippen LogP contribution in [0.5, 0.6) is 17.2 Å². The Hall–Kier alpha value is -3.02. The van der Waals surface area contributed by atoms with Gasteiger partial charge in [-0.05, 0) is 73.2 Å². The Morgan fingerprint density at radius 2 is 1.02 bits per heavy atom. The second-order valence-corrected chi connectivity index (χ2v) is 10.8. The van der Waals surface area contributed by atoms with Gasteiger partial charge in [0.2, 0.25) is 0 Å². The van der Waals surface area contributed by atoms with Crippen molar-refractivity contribution in [2.24, 2.45) is 0 Å². The fraction of sp³-hybridized carbons (Fsp3) is 0.486. The van der Waals surface area contributed by atoms with Crippen molar-refractivity contribution in [1.82, 2.24) is 0 Å². The molecule has 0 aliphatic carbocycles. The van der Waals surface area contributed by atoms with Crippen molar-refractivity contribution in [3.8, 4) is 17.2 Å². The van der Waals surface area contributed by atoms with Crippen LogP contribution in [0.1, 0.15) is 108 Å². The van der Waals surface area contributed by atoms with Gasteiger partial charge in [0.1, 0.15) is 22.9 Å². The molecule has 0 fully saturated rings. The number of ether oxygens (including phenoxy) is 2. The largest absolute Gasteiger partial charge is 0.454 e. The molecule has 2 nitrogen and oxygen atoms in total. The lowest BCUT2D eigenvalue weighted by Gasteiger charge is -2.20. The van der Waals surface area contributed by atoms with E-state index in [1.807, 2.05) is 12.1 Å². The van der Waals surface area contributed by atoms with Gasteiger partial charge in [0.25, 0.3) is 0 Å². The first kappa shape index (κ1) is 32.5. The molecule has 3 aromatic rings. The molecule has 3 rings (SSSR count). The lowest BCUT2D eigenvalue weighted by molar-refractivity contribution is -0.189. The first-order chi connectivity index (χ1) is 19.8. The van der Waals surface area contributed by atoms with Gasteiger partial charge in [0.05, 0.1) is 0 Å². The third kappa shape index (κ3) is 10.7. The van der Waals surface area contributed by atoms with Crippen LogP contribution in [0, 0.1) is 11.6 Å². The third-order valence-electron chi connectivity index (χ3n) is 7.31. The highest BCUT2D eigenvalue weighted by Gasteiger charge is 2.42. The Bertz CT molecular complexity index is 1160. The van der Waals surface area contributed by atoms with E-state index in [0.717, 1.165) is 55.4 Å². The number of aryl methyl sites for hydroxylation is 2. The molecular formula is C35H44F4O2. The molecule has 0 aromatic heterocycles. The number of hydrogen-bond acceptors (Lipinski definition) is 2. The molecule has 0 atom stereocenters. The summed E-state index contributed by atoms with van der Waals surface area (Å²) in [5, 5.41) is 0. The maximum absolute atomic E-state index is 15.2. The van der Waals surface area contributed by atoms with Crippen molar-refractivity contribution in [2.45, 2.75) is 110 Å². The van der Waals surface area contributed by atoms with Crippen LogP contribution in [0.2, 0.25) is 0 Å². The van der Waals surface area contributed by atoms with E-state index in [-0.39, 0.29) is 11.5 Å². The van der Waals surface area contributed by atoms with E-state index in [9.17, 15) is 4.39 Å². The molecule has 0 aliphatic heterocycles. The highest BCUT2D eigenvalue weighted by Crippen LogP contribution is 2.39. The Balaban J connectivity index is 1.58. The zero-order valence-corrected chi connectivity index (χ0v) is 24.5. The topological polar surface area (TPSA) is 18.5 Å². The van der Waals surface area contributed by atoms with Crippen LogP contribution in [0.4, 0.5) is 17.6 Å². The summed E-state index contributed by atoms with van der Waals surface area (Å²) in [4.78, 5) is 0. The molecule has 0 saturated heterocycles. The summed E-state index contributed by atoms with van der Waals surface area (Å²) in [5.74, 6) is -3.30. The van der Waals surface area contributed by atoms with Crippen molar-refractivity contribution < 1.29 is 27.0 Å². The molecular weight excluding hydrogens is 528 g/mol. The number of alkyl halides is 2. The Morgan fingerprint density at radius 1 is 0.561 bits per heavy atom. The fourth-order valence-corrected chi connectivity index (χ4v) is 4.87. The minimum absolute atomic E-state index is 0.173. The van der Waals surface area contributed by atoms with Crippen molar-refractivity contribution in [1.29, 1.82) is 0 Å². The smallest absolute Gasteiger partial charge is 0.432 e. The van der Waals surface area contributed by atoms with Crippen LogP contribution in [0.3, 0.4) is 0 Å². The Kier molecular flexibility index (Phi) is 13.5. The standard InChI is InChI=1S/C35H44F4O2/c1-3-5-7-9-11-13-15-27-17-21-29(22-18-27)40-32-26-25-31(36)33(34(32)37)35(38,39)41-30-23-19-28(20-24-30)16-14-12-10-8-6-4-2/h17-26H,3-16H2,1-2H3. The van der Waals surface area contributed by atoms with Crippen LogP contribution in [0.15, 0.2) is 60.7 Å². The zero-order chi connectivity index (χ0) is 29.5. The molecule has 0 saturated carbocycles. The van der Waals surface area contributed by atoms with Gasteiger partial charge in [-0.3, -0.25) is 0 Å². The second-order valence-electron chi connectivity index (χ2n) is 10.8. The lowest BCUT2D eigenvalue weighted by atomic mass is 10.0. The van der Waals surface area contributed by atoms with Gasteiger partial charge in [-0.25, -0.2) is 8.78 Å². The monoisotopic (exact) mass is 572 g/mol. The van der Waals surface area contributed by atoms with Crippen molar-refractivity contribution in [2.75, 3.05) is 0 Å². The molecule has 224 valence electrons. The average Bonchev–Trinajstić information content (AvgIpc) is 2.95. The summed E-state index contributed by atoms with van der Waals surface area (Å²) in [6, 6.07) is 15.1. The molecule has 0 aliphatic rings. The Labute approximate surface area is 243 Å². The number of benzene rings is 3. The summed E-state index contributed by atoms with van der Waals surface area (Å²) in [6.45, 7) is 4.37. The molecule has 6 heteroatoms. The first-order valence-electron chi connectivity index (χ1n) is 15.2. The quantitative estimate of drug-likeness (QED) is 0.105. The predicted molar refractivity (Wildman–Crippen MR) is 158 cm³/mol. The van der Waals surface area contributed by atoms with Crippen LogP contribution in [-0.4, -0.2) is 0 Å². The van der Waals surface area contributed by atoms with Gasteiger partial charge in [0.15, 0.2) is 11.6 Å². The molecule has 0 spiro atoms. The van der Waals surface area contributed by atoms with Gasteiger partial charge in [-0.15, -0.1) is 0 Å². The summed E-state index contributed by atoms with van der Waals surface area (Å²) in [5.41, 5.74) is 0.638. The number of rotatable bonds is 19. The lowest BCUT2D eigenvalue weighted by Crippen LogP contribution is -2.25. The van der Waals surface area contributed by atoms with Crippen LogP contribution in [-0.2, 0) is 19.0 Å². The highest BCUT2D eigenvalue weighted by atomic mass is 19.3.